The number of primary sulfonamides is 1. The molecule has 0 atom stereocenters. The van der Waals surface area contributed by atoms with E-state index in [1.165, 1.54) is 6.08 Å². The molecule has 0 saturated carbocycles. The molecule has 1 aromatic rings. The Hall–Kier alpha value is -1.18. The minimum Gasteiger partial charge on any atom is -0.485 e. The summed E-state index contributed by atoms with van der Waals surface area (Å²) in [7, 11) is -4.28. The zero-order valence-electron chi connectivity index (χ0n) is 8.36. The predicted octanol–water partition coefficient (Wildman–Crippen LogP) is 1.74. The van der Waals surface area contributed by atoms with Gasteiger partial charge in [0, 0.05) is 11.6 Å². The van der Waals surface area contributed by atoms with E-state index < -0.39 is 32.3 Å². The van der Waals surface area contributed by atoms with Crippen molar-refractivity contribution in [2.75, 3.05) is 6.61 Å². The SMILES string of the molecule is NS(=O)(=O)c1cc(F)cc(F)c1OC/C=C/Cl. The lowest BCUT2D eigenvalue weighted by atomic mass is 10.3. The molecule has 0 aliphatic heterocycles. The van der Waals surface area contributed by atoms with Crippen molar-refractivity contribution in [1.82, 2.24) is 0 Å². The van der Waals surface area contributed by atoms with Gasteiger partial charge in [-0.1, -0.05) is 11.6 Å². The maximum absolute atomic E-state index is 13.3. The number of hydrogen-bond acceptors (Lipinski definition) is 3. The van der Waals surface area contributed by atoms with E-state index >= 15 is 0 Å². The van der Waals surface area contributed by atoms with Crippen LogP contribution in [0.15, 0.2) is 28.6 Å². The zero-order chi connectivity index (χ0) is 13.1. The number of sulfonamides is 1. The molecule has 0 aliphatic rings. The van der Waals surface area contributed by atoms with Crippen molar-refractivity contribution in [3.8, 4) is 5.75 Å². The summed E-state index contributed by atoms with van der Waals surface area (Å²) in [6, 6.07) is 1.08. The van der Waals surface area contributed by atoms with Gasteiger partial charge in [0.15, 0.2) is 11.6 Å². The predicted molar refractivity (Wildman–Crippen MR) is 58.2 cm³/mol. The Kier molecular flexibility index (Phi) is 4.44. The van der Waals surface area contributed by atoms with Crippen LogP contribution in [0, 0.1) is 11.6 Å². The third kappa shape index (κ3) is 3.65. The van der Waals surface area contributed by atoms with Crippen molar-refractivity contribution in [1.29, 1.82) is 0 Å². The molecule has 0 heterocycles. The molecule has 0 aliphatic carbocycles. The average molecular weight is 284 g/mol. The largest absolute Gasteiger partial charge is 0.485 e. The van der Waals surface area contributed by atoms with Gasteiger partial charge in [0.1, 0.15) is 17.3 Å². The van der Waals surface area contributed by atoms with Crippen molar-refractivity contribution in [2.45, 2.75) is 4.90 Å². The van der Waals surface area contributed by atoms with Crippen LogP contribution >= 0.6 is 11.6 Å². The fraction of sp³-hybridized carbons (Fsp3) is 0.111. The molecular formula is C9H8ClF2NO3S. The summed E-state index contributed by atoms with van der Waals surface area (Å²) < 4.78 is 53.2. The van der Waals surface area contributed by atoms with Gasteiger partial charge in [-0.25, -0.2) is 22.3 Å². The van der Waals surface area contributed by atoms with Gasteiger partial charge in [-0.05, 0) is 12.1 Å². The van der Waals surface area contributed by atoms with Crippen molar-refractivity contribution in [3.63, 3.8) is 0 Å². The summed E-state index contributed by atoms with van der Waals surface area (Å²) in [4.78, 5) is -0.752. The average Bonchev–Trinajstić information content (AvgIpc) is 2.19. The molecule has 94 valence electrons. The van der Waals surface area contributed by atoms with Crippen LogP contribution in [0.2, 0.25) is 0 Å². The number of nitrogens with two attached hydrogens (primary N) is 1. The molecule has 0 unspecified atom stereocenters. The molecular weight excluding hydrogens is 276 g/mol. The third-order valence-electron chi connectivity index (χ3n) is 1.69. The summed E-state index contributed by atoms with van der Waals surface area (Å²) in [5.41, 5.74) is 1.11. The lowest BCUT2D eigenvalue weighted by Crippen LogP contribution is -2.15. The molecule has 0 saturated heterocycles. The van der Waals surface area contributed by atoms with E-state index in [0.29, 0.717) is 12.1 Å². The molecule has 1 rings (SSSR count). The Morgan fingerprint density at radius 2 is 2.06 bits per heavy atom. The fourth-order valence-corrected chi connectivity index (χ4v) is 1.82. The highest BCUT2D eigenvalue weighted by Gasteiger charge is 2.20. The Morgan fingerprint density at radius 1 is 1.41 bits per heavy atom. The quantitative estimate of drug-likeness (QED) is 0.915. The summed E-state index contributed by atoms with van der Waals surface area (Å²) in [6.45, 7) is -0.172. The van der Waals surface area contributed by atoms with Gasteiger partial charge < -0.3 is 4.74 Å². The summed E-state index contributed by atoms with van der Waals surface area (Å²) in [6.07, 6.45) is 1.30. The molecule has 17 heavy (non-hydrogen) atoms. The molecule has 0 radical (unpaired) electrons. The van der Waals surface area contributed by atoms with Crippen molar-refractivity contribution >= 4 is 21.6 Å². The molecule has 0 fully saturated rings. The first-order valence-electron chi connectivity index (χ1n) is 4.26. The van der Waals surface area contributed by atoms with Crippen LogP contribution in [0.4, 0.5) is 8.78 Å². The Morgan fingerprint density at radius 3 is 2.59 bits per heavy atom. The topological polar surface area (TPSA) is 69.4 Å². The second-order valence-electron chi connectivity index (χ2n) is 2.93. The summed E-state index contributed by atoms with van der Waals surface area (Å²) in [5, 5.41) is 4.81. The van der Waals surface area contributed by atoms with E-state index in [1.54, 1.807) is 0 Å². The number of hydrogen-bond donors (Lipinski definition) is 1. The first-order valence-corrected chi connectivity index (χ1v) is 6.24. The molecule has 2 N–H and O–H groups in total. The minimum atomic E-state index is -4.28. The Bertz CT molecular complexity index is 545. The smallest absolute Gasteiger partial charge is 0.241 e. The maximum Gasteiger partial charge on any atom is 0.241 e. The standard InChI is InChI=1S/C9H8ClF2NO3S/c10-2-1-3-16-9-7(12)4-6(11)5-8(9)17(13,14)15/h1-2,4-5H,3H2,(H2,13,14,15)/b2-1+. The summed E-state index contributed by atoms with van der Waals surface area (Å²) >= 11 is 5.21. The highest BCUT2D eigenvalue weighted by molar-refractivity contribution is 7.89. The van der Waals surface area contributed by atoms with Crippen LogP contribution in [0.25, 0.3) is 0 Å². The van der Waals surface area contributed by atoms with E-state index in [9.17, 15) is 17.2 Å². The van der Waals surface area contributed by atoms with Crippen molar-refractivity contribution in [3.05, 3.63) is 35.4 Å². The molecule has 0 bridgehead atoms. The monoisotopic (exact) mass is 283 g/mol. The van der Waals surface area contributed by atoms with E-state index in [1.807, 2.05) is 0 Å². The second-order valence-corrected chi connectivity index (χ2v) is 4.71. The van der Waals surface area contributed by atoms with Gasteiger partial charge in [-0.2, -0.15) is 0 Å². The van der Waals surface area contributed by atoms with Crippen molar-refractivity contribution < 1.29 is 21.9 Å². The fourth-order valence-electron chi connectivity index (χ4n) is 1.06. The van der Waals surface area contributed by atoms with E-state index in [-0.39, 0.29) is 6.61 Å². The molecule has 4 nitrogen and oxygen atoms in total. The molecule has 0 amide bonds. The van der Waals surface area contributed by atoms with E-state index in [4.69, 9.17) is 21.5 Å². The lowest BCUT2D eigenvalue weighted by Gasteiger charge is -2.09. The zero-order valence-corrected chi connectivity index (χ0v) is 9.93. The Balaban J connectivity index is 3.26. The number of halogens is 3. The van der Waals surface area contributed by atoms with Crippen LogP contribution in [-0.4, -0.2) is 15.0 Å². The normalized spacial score (nSPS) is 12.0. The first-order chi connectivity index (χ1) is 7.86. The minimum absolute atomic E-state index is 0.172. The first kappa shape index (κ1) is 13.9. The highest BCUT2D eigenvalue weighted by atomic mass is 35.5. The number of rotatable bonds is 4. The van der Waals surface area contributed by atoms with Crippen LogP contribution in [0.5, 0.6) is 5.75 Å². The molecule has 1 aromatic carbocycles. The van der Waals surface area contributed by atoms with Crippen LogP contribution in [-0.2, 0) is 10.0 Å². The van der Waals surface area contributed by atoms with Crippen LogP contribution in [0.1, 0.15) is 0 Å². The summed E-state index contributed by atoms with van der Waals surface area (Å²) in [5.74, 6) is -2.85. The molecule has 0 spiro atoms. The lowest BCUT2D eigenvalue weighted by molar-refractivity contribution is 0.329. The third-order valence-corrected chi connectivity index (χ3v) is 2.79. The number of ether oxygens (including phenoxy) is 1. The number of benzene rings is 1. The van der Waals surface area contributed by atoms with E-state index in [0.717, 1.165) is 5.54 Å². The highest BCUT2D eigenvalue weighted by Crippen LogP contribution is 2.27. The van der Waals surface area contributed by atoms with Gasteiger partial charge >= 0.3 is 0 Å². The molecule has 8 heteroatoms. The van der Waals surface area contributed by atoms with Gasteiger partial charge in [0.2, 0.25) is 10.0 Å². The van der Waals surface area contributed by atoms with Gasteiger partial charge in [-0.3, -0.25) is 0 Å². The Labute approximate surface area is 102 Å². The van der Waals surface area contributed by atoms with Gasteiger partial charge in [0.25, 0.3) is 0 Å². The second kappa shape index (κ2) is 5.44. The van der Waals surface area contributed by atoms with Gasteiger partial charge in [-0.15, -0.1) is 0 Å². The van der Waals surface area contributed by atoms with Gasteiger partial charge in [0.05, 0.1) is 0 Å². The van der Waals surface area contributed by atoms with Crippen LogP contribution in [0.3, 0.4) is 0 Å². The molecule has 0 aromatic heterocycles. The van der Waals surface area contributed by atoms with Crippen LogP contribution < -0.4 is 9.88 Å². The van der Waals surface area contributed by atoms with E-state index in [2.05, 4.69) is 0 Å². The maximum atomic E-state index is 13.3. The van der Waals surface area contributed by atoms with Crippen molar-refractivity contribution in [2.24, 2.45) is 5.14 Å².